The minimum absolute atomic E-state index is 0.00972. The molecule has 0 amide bonds. The topological polar surface area (TPSA) is 34.1 Å². The number of Topliss-reactive ketones (excluding diaryl/α,β-unsaturated/α-hetero) is 1. The molecule has 0 aromatic heterocycles. The zero-order chi connectivity index (χ0) is 17.6. The van der Waals surface area contributed by atoms with E-state index in [1.807, 2.05) is 85.8 Å². The van der Waals surface area contributed by atoms with Gasteiger partial charge in [0.05, 0.1) is 0 Å². The predicted octanol–water partition coefficient (Wildman–Crippen LogP) is 5.10. The summed E-state index contributed by atoms with van der Waals surface area (Å²) < 4.78 is 0. The molecule has 0 aliphatic carbocycles. The molecule has 0 aliphatic rings. The Kier molecular flexibility index (Phi) is 5.20. The van der Waals surface area contributed by atoms with Gasteiger partial charge in [-0.3, -0.25) is 9.59 Å². The maximum atomic E-state index is 12.9. The van der Waals surface area contributed by atoms with E-state index in [1.165, 1.54) is 0 Å². The van der Waals surface area contributed by atoms with Crippen LogP contribution < -0.4 is 0 Å². The van der Waals surface area contributed by atoms with E-state index in [2.05, 4.69) is 0 Å². The highest BCUT2D eigenvalue weighted by molar-refractivity contribution is 6.10. The first-order valence-corrected chi connectivity index (χ1v) is 8.49. The van der Waals surface area contributed by atoms with E-state index in [4.69, 9.17) is 0 Å². The van der Waals surface area contributed by atoms with Crippen LogP contribution in [0.25, 0.3) is 0 Å². The van der Waals surface area contributed by atoms with Crippen molar-refractivity contribution in [1.29, 1.82) is 0 Å². The number of carbonyl (C=O) groups is 2. The highest BCUT2D eigenvalue weighted by Crippen LogP contribution is 2.21. The molecule has 2 nitrogen and oxygen atoms in total. The van der Waals surface area contributed by atoms with Crippen LogP contribution in [0.3, 0.4) is 0 Å². The quantitative estimate of drug-likeness (QED) is 0.590. The van der Waals surface area contributed by atoms with E-state index in [-0.39, 0.29) is 11.6 Å². The third kappa shape index (κ3) is 3.74. The Labute approximate surface area is 148 Å². The van der Waals surface area contributed by atoms with Gasteiger partial charge in [0.2, 0.25) is 0 Å². The minimum Gasteiger partial charge on any atom is -0.294 e. The Morgan fingerprint density at radius 1 is 0.680 bits per heavy atom. The zero-order valence-corrected chi connectivity index (χ0v) is 14.2. The SMILES string of the molecule is CCC(=O)c1ccccc1Cc1ccccc1C(=O)c1ccccc1. The van der Waals surface area contributed by atoms with Crippen LogP contribution in [0.1, 0.15) is 50.8 Å². The van der Waals surface area contributed by atoms with Crippen molar-refractivity contribution in [2.45, 2.75) is 19.8 Å². The molecular formula is C23H20O2. The highest BCUT2D eigenvalue weighted by atomic mass is 16.1. The Balaban J connectivity index is 1.98. The maximum Gasteiger partial charge on any atom is 0.193 e. The van der Waals surface area contributed by atoms with E-state index >= 15 is 0 Å². The third-order valence-corrected chi connectivity index (χ3v) is 4.32. The first-order chi connectivity index (χ1) is 12.2. The third-order valence-electron chi connectivity index (χ3n) is 4.32. The van der Waals surface area contributed by atoms with E-state index in [9.17, 15) is 9.59 Å². The van der Waals surface area contributed by atoms with Crippen LogP contribution >= 0.6 is 0 Å². The van der Waals surface area contributed by atoms with Crippen molar-refractivity contribution in [2.75, 3.05) is 0 Å². The Bertz CT molecular complexity index is 895. The smallest absolute Gasteiger partial charge is 0.193 e. The summed E-state index contributed by atoms with van der Waals surface area (Å²) >= 11 is 0. The van der Waals surface area contributed by atoms with Crippen LogP contribution in [-0.4, -0.2) is 11.6 Å². The normalized spacial score (nSPS) is 10.4. The Morgan fingerprint density at radius 2 is 1.20 bits per heavy atom. The fourth-order valence-electron chi connectivity index (χ4n) is 2.98. The second-order valence-electron chi connectivity index (χ2n) is 5.96. The van der Waals surface area contributed by atoms with Gasteiger partial charge in [-0.15, -0.1) is 0 Å². The lowest BCUT2D eigenvalue weighted by Crippen LogP contribution is -2.08. The molecular weight excluding hydrogens is 308 g/mol. The molecule has 0 bridgehead atoms. The van der Waals surface area contributed by atoms with Crippen molar-refractivity contribution >= 4 is 11.6 Å². The number of hydrogen-bond acceptors (Lipinski definition) is 2. The molecule has 0 unspecified atom stereocenters. The van der Waals surface area contributed by atoms with E-state index in [0.29, 0.717) is 24.0 Å². The van der Waals surface area contributed by atoms with Gasteiger partial charge in [0, 0.05) is 23.1 Å². The molecule has 0 saturated carbocycles. The van der Waals surface area contributed by atoms with Crippen LogP contribution in [0, 0.1) is 0 Å². The highest BCUT2D eigenvalue weighted by Gasteiger charge is 2.15. The van der Waals surface area contributed by atoms with Gasteiger partial charge in [0.1, 0.15) is 0 Å². The number of carbonyl (C=O) groups excluding carboxylic acids is 2. The molecule has 3 aromatic carbocycles. The molecule has 0 N–H and O–H groups in total. The van der Waals surface area contributed by atoms with Gasteiger partial charge in [-0.05, 0) is 17.5 Å². The molecule has 0 spiro atoms. The van der Waals surface area contributed by atoms with E-state index in [0.717, 1.165) is 16.7 Å². The molecule has 2 heteroatoms. The molecule has 25 heavy (non-hydrogen) atoms. The van der Waals surface area contributed by atoms with Gasteiger partial charge < -0.3 is 0 Å². The van der Waals surface area contributed by atoms with Gasteiger partial charge in [0.15, 0.2) is 11.6 Å². The molecule has 124 valence electrons. The van der Waals surface area contributed by atoms with E-state index < -0.39 is 0 Å². The largest absolute Gasteiger partial charge is 0.294 e. The van der Waals surface area contributed by atoms with Crippen LogP contribution in [0.15, 0.2) is 78.9 Å². The molecule has 0 heterocycles. The predicted molar refractivity (Wildman–Crippen MR) is 100 cm³/mol. The molecule has 3 aromatic rings. The van der Waals surface area contributed by atoms with Gasteiger partial charge in [0.25, 0.3) is 0 Å². The first kappa shape index (κ1) is 16.8. The summed E-state index contributed by atoms with van der Waals surface area (Å²) in [4.78, 5) is 25.1. The minimum atomic E-state index is 0.00972. The molecule has 0 aliphatic heterocycles. The summed E-state index contributed by atoms with van der Waals surface area (Å²) in [6.45, 7) is 1.87. The maximum absolute atomic E-state index is 12.9. The van der Waals surface area contributed by atoms with Crippen LogP contribution in [0.5, 0.6) is 0 Å². The summed E-state index contributed by atoms with van der Waals surface area (Å²) in [5, 5.41) is 0. The number of rotatable bonds is 6. The molecule has 0 atom stereocenters. The van der Waals surface area contributed by atoms with Crippen LogP contribution in [0.4, 0.5) is 0 Å². The van der Waals surface area contributed by atoms with Crippen molar-refractivity contribution in [3.05, 3.63) is 107 Å². The lowest BCUT2D eigenvalue weighted by molar-refractivity contribution is 0.0986. The monoisotopic (exact) mass is 328 g/mol. The van der Waals surface area contributed by atoms with Crippen molar-refractivity contribution < 1.29 is 9.59 Å². The fraction of sp³-hybridized carbons (Fsp3) is 0.130. The summed E-state index contributed by atoms with van der Waals surface area (Å²) in [6, 6.07) is 24.6. The van der Waals surface area contributed by atoms with Crippen LogP contribution in [-0.2, 0) is 6.42 Å². The number of hydrogen-bond donors (Lipinski definition) is 0. The molecule has 0 fully saturated rings. The van der Waals surface area contributed by atoms with Gasteiger partial charge in [-0.2, -0.15) is 0 Å². The van der Waals surface area contributed by atoms with E-state index in [1.54, 1.807) is 0 Å². The van der Waals surface area contributed by atoms with Gasteiger partial charge in [-0.25, -0.2) is 0 Å². The van der Waals surface area contributed by atoms with Crippen molar-refractivity contribution in [3.8, 4) is 0 Å². The molecule has 0 radical (unpaired) electrons. The summed E-state index contributed by atoms with van der Waals surface area (Å²) in [5.41, 5.74) is 4.00. The number of benzene rings is 3. The van der Waals surface area contributed by atoms with Crippen LogP contribution in [0.2, 0.25) is 0 Å². The Hall–Kier alpha value is -3.00. The standard InChI is InChI=1S/C23H20O2/c1-2-22(24)20-14-8-6-12-18(20)16-19-13-7-9-15-21(19)23(25)17-10-4-3-5-11-17/h3-15H,2,16H2,1H3. The summed E-state index contributed by atoms with van der Waals surface area (Å²) in [7, 11) is 0. The average Bonchev–Trinajstić information content (AvgIpc) is 2.68. The first-order valence-electron chi connectivity index (χ1n) is 8.49. The van der Waals surface area contributed by atoms with Crippen molar-refractivity contribution in [1.82, 2.24) is 0 Å². The van der Waals surface area contributed by atoms with Crippen molar-refractivity contribution in [2.24, 2.45) is 0 Å². The second kappa shape index (κ2) is 7.71. The lowest BCUT2D eigenvalue weighted by atomic mass is 9.91. The molecule has 0 saturated heterocycles. The zero-order valence-electron chi connectivity index (χ0n) is 14.2. The fourth-order valence-corrected chi connectivity index (χ4v) is 2.98. The van der Waals surface area contributed by atoms with Gasteiger partial charge >= 0.3 is 0 Å². The number of ketones is 2. The summed E-state index contributed by atoms with van der Waals surface area (Å²) in [5.74, 6) is 0.137. The molecule has 3 rings (SSSR count). The Morgan fingerprint density at radius 3 is 1.84 bits per heavy atom. The van der Waals surface area contributed by atoms with Crippen molar-refractivity contribution in [3.63, 3.8) is 0 Å². The summed E-state index contributed by atoms with van der Waals surface area (Å²) in [6.07, 6.45) is 1.04. The lowest BCUT2D eigenvalue weighted by Gasteiger charge is -2.12. The average molecular weight is 328 g/mol. The second-order valence-corrected chi connectivity index (χ2v) is 5.96. The van der Waals surface area contributed by atoms with Gasteiger partial charge in [-0.1, -0.05) is 85.8 Å².